The lowest BCUT2D eigenvalue weighted by Crippen LogP contribution is -2.14. The first-order valence-corrected chi connectivity index (χ1v) is 5.22. The van der Waals surface area contributed by atoms with E-state index >= 15 is 0 Å². The van der Waals surface area contributed by atoms with Gasteiger partial charge >= 0.3 is 6.01 Å². The molecular formula is C11H13N5O2. The number of aromatic nitrogens is 3. The highest BCUT2D eigenvalue weighted by Gasteiger charge is 2.07. The van der Waals surface area contributed by atoms with Crippen LogP contribution in [0, 0.1) is 6.92 Å². The van der Waals surface area contributed by atoms with Crippen LogP contribution in [0.25, 0.3) is 0 Å². The lowest BCUT2D eigenvalue weighted by molar-refractivity contribution is 0.318. The molecule has 0 aliphatic carbocycles. The van der Waals surface area contributed by atoms with Gasteiger partial charge in [-0.1, -0.05) is 5.16 Å². The molecule has 0 saturated heterocycles. The number of hydrogen-bond donors (Lipinski definition) is 2. The first-order chi connectivity index (χ1) is 8.60. The Balaban J connectivity index is 2.24. The minimum Gasteiger partial charge on any atom is -0.423 e. The number of oxime groups is 1. The van der Waals surface area contributed by atoms with Crippen molar-refractivity contribution in [2.45, 2.75) is 6.92 Å². The number of aryl methyl sites for hydroxylation is 2. The van der Waals surface area contributed by atoms with Crippen LogP contribution in [0.4, 0.5) is 0 Å². The van der Waals surface area contributed by atoms with Gasteiger partial charge in [0.25, 0.3) is 0 Å². The Labute approximate surface area is 104 Å². The van der Waals surface area contributed by atoms with Crippen molar-refractivity contribution in [2.75, 3.05) is 0 Å². The summed E-state index contributed by atoms with van der Waals surface area (Å²) in [5.41, 5.74) is 7.02. The van der Waals surface area contributed by atoms with Crippen LogP contribution in [0.3, 0.4) is 0 Å². The van der Waals surface area contributed by atoms with Gasteiger partial charge in [0.1, 0.15) is 12.1 Å². The Morgan fingerprint density at radius 2 is 2.28 bits per heavy atom. The molecule has 7 nitrogen and oxygen atoms in total. The molecule has 1 aromatic heterocycles. The average molecular weight is 247 g/mol. The van der Waals surface area contributed by atoms with Gasteiger partial charge in [0.05, 0.1) is 0 Å². The van der Waals surface area contributed by atoms with Gasteiger partial charge in [0.15, 0.2) is 5.84 Å². The fourth-order valence-corrected chi connectivity index (χ4v) is 1.51. The second kappa shape index (κ2) is 4.74. The quantitative estimate of drug-likeness (QED) is 0.365. The fraction of sp³-hybridized carbons (Fsp3) is 0.182. The van der Waals surface area contributed by atoms with E-state index in [1.807, 2.05) is 6.92 Å². The second-order valence-corrected chi connectivity index (χ2v) is 3.76. The summed E-state index contributed by atoms with van der Waals surface area (Å²) in [4.78, 5) is 3.96. The zero-order valence-corrected chi connectivity index (χ0v) is 10.0. The highest BCUT2D eigenvalue weighted by Crippen LogP contribution is 2.21. The molecule has 0 fully saturated rings. The topological polar surface area (TPSA) is 98.5 Å². The molecule has 2 rings (SSSR count). The van der Waals surface area contributed by atoms with E-state index < -0.39 is 0 Å². The normalized spacial score (nSPS) is 11.6. The molecule has 18 heavy (non-hydrogen) atoms. The van der Waals surface area contributed by atoms with E-state index in [1.165, 1.54) is 0 Å². The van der Waals surface area contributed by atoms with E-state index in [4.69, 9.17) is 15.7 Å². The molecule has 94 valence electrons. The third kappa shape index (κ3) is 2.40. The van der Waals surface area contributed by atoms with Gasteiger partial charge in [-0.2, -0.15) is 4.98 Å². The predicted molar refractivity (Wildman–Crippen MR) is 64.8 cm³/mol. The first-order valence-electron chi connectivity index (χ1n) is 5.22. The summed E-state index contributed by atoms with van der Waals surface area (Å²) < 4.78 is 7.01. The van der Waals surface area contributed by atoms with E-state index in [2.05, 4.69) is 15.2 Å². The summed E-state index contributed by atoms with van der Waals surface area (Å²) in [7, 11) is 1.76. The molecule has 7 heteroatoms. The van der Waals surface area contributed by atoms with Gasteiger partial charge < -0.3 is 15.7 Å². The maximum absolute atomic E-state index is 8.63. The van der Waals surface area contributed by atoms with Crippen LogP contribution in [0.1, 0.15) is 11.1 Å². The molecule has 0 atom stereocenters. The standard InChI is InChI=1S/C11H13N5O2/c1-7-5-8(3-4-9(7)10(12)15-17)18-11-13-6-16(2)14-11/h3-6,17H,1-2H3,(H2,12,15). The van der Waals surface area contributed by atoms with Crippen molar-refractivity contribution in [2.24, 2.45) is 17.9 Å². The van der Waals surface area contributed by atoms with E-state index in [1.54, 1.807) is 36.3 Å². The lowest BCUT2D eigenvalue weighted by Gasteiger charge is -2.06. The summed E-state index contributed by atoms with van der Waals surface area (Å²) in [6.45, 7) is 1.84. The Morgan fingerprint density at radius 3 is 2.83 bits per heavy atom. The summed E-state index contributed by atoms with van der Waals surface area (Å²) in [6, 6.07) is 5.46. The Bertz CT molecular complexity index is 591. The summed E-state index contributed by atoms with van der Waals surface area (Å²) in [5.74, 6) is 0.656. The number of rotatable bonds is 3. The largest absolute Gasteiger partial charge is 0.423 e. The van der Waals surface area contributed by atoms with E-state index in [0.29, 0.717) is 11.3 Å². The van der Waals surface area contributed by atoms with Gasteiger partial charge in [-0.05, 0) is 30.7 Å². The molecule has 0 radical (unpaired) electrons. The summed E-state index contributed by atoms with van der Waals surface area (Å²) in [6.07, 6.45) is 1.55. The highest BCUT2D eigenvalue weighted by atomic mass is 16.5. The molecular weight excluding hydrogens is 234 g/mol. The van der Waals surface area contributed by atoms with Crippen molar-refractivity contribution in [3.05, 3.63) is 35.7 Å². The minimum absolute atomic E-state index is 0.0648. The maximum Gasteiger partial charge on any atom is 0.340 e. The highest BCUT2D eigenvalue weighted by molar-refractivity contribution is 5.98. The molecule has 1 heterocycles. The minimum atomic E-state index is 0.0648. The molecule has 0 spiro atoms. The molecule has 2 aromatic rings. The van der Waals surface area contributed by atoms with Crippen molar-refractivity contribution in [1.29, 1.82) is 0 Å². The van der Waals surface area contributed by atoms with Crippen LogP contribution < -0.4 is 10.5 Å². The van der Waals surface area contributed by atoms with E-state index in [9.17, 15) is 0 Å². The van der Waals surface area contributed by atoms with Crippen molar-refractivity contribution < 1.29 is 9.94 Å². The number of amidine groups is 1. The molecule has 0 amide bonds. The van der Waals surface area contributed by atoms with Gasteiger partial charge in [0.2, 0.25) is 0 Å². The SMILES string of the molecule is Cc1cc(Oc2ncn(C)n2)ccc1/C(N)=N/O. The number of benzene rings is 1. The van der Waals surface area contributed by atoms with Crippen molar-refractivity contribution in [3.63, 3.8) is 0 Å². The van der Waals surface area contributed by atoms with Gasteiger partial charge in [-0.3, -0.25) is 4.68 Å². The monoisotopic (exact) mass is 247 g/mol. The number of hydrogen-bond acceptors (Lipinski definition) is 5. The van der Waals surface area contributed by atoms with Crippen LogP contribution in [-0.2, 0) is 7.05 Å². The summed E-state index contributed by atoms with van der Waals surface area (Å²) in [5, 5.41) is 15.6. The Kier molecular flexibility index (Phi) is 3.13. The molecule has 0 aliphatic heterocycles. The van der Waals surface area contributed by atoms with E-state index in [0.717, 1.165) is 5.56 Å². The van der Waals surface area contributed by atoms with E-state index in [-0.39, 0.29) is 11.8 Å². The van der Waals surface area contributed by atoms with Crippen LogP contribution >= 0.6 is 0 Å². The molecule has 1 aromatic carbocycles. The number of nitrogens with two attached hydrogens (primary N) is 1. The zero-order valence-electron chi connectivity index (χ0n) is 10.0. The fourth-order valence-electron chi connectivity index (χ4n) is 1.51. The van der Waals surface area contributed by atoms with Gasteiger partial charge in [0, 0.05) is 12.6 Å². The maximum atomic E-state index is 8.63. The summed E-state index contributed by atoms with van der Waals surface area (Å²) >= 11 is 0. The molecule has 3 N–H and O–H groups in total. The molecule has 0 bridgehead atoms. The third-order valence-electron chi connectivity index (χ3n) is 2.37. The third-order valence-corrected chi connectivity index (χ3v) is 2.37. The molecule has 0 aliphatic rings. The van der Waals surface area contributed by atoms with Crippen molar-refractivity contribution >= 4 is 5.84 Å². The molecule has 0 unspecified atom stereocenters. The smallest absolute Gasteiger partial charge is 0.340 e. The van der Waals surface area contributed by atoms with Crippen LogP contribution in [0.2, 0.25) is 0 Å². The first kappa shape index (κ1) is 11.9. The van der Waals surface area contributed by atoms with Gasteiger partial charge in [-0.15, -0.1) is 5.10 Å². The zero-order chi connectivity index (χ0) is 13.1. The number of ether oxygens (including phenoxy) is 1. The predicted octanol–water partition coefficient (Wildman–Crippen LogP) is 1.01. The van der Waals surface area contributed by atoms with Crippen LogP contribution in [-0.4, -0.2) is 25.8 Å². The van der Waals surface area contributed by atoms with Crippen LogP contribution in [0.15, 0.2) is 29.7 Å². The van der Waals surface area contributed by atoms with Gasteiger partial charge in [-0.25, -0.2) is 0 Å². The van der Waals surface area contributed by atoms with Crippen molar-refractivity contribution in [1.82, 2.24) is 14.8 Å². The molecule has 0 saturated carbocycles. The lowest BCUT2D eigenvalue weighted by atomic mass is 10.1. The Hall–Kier alpha value is -2.57. The van der Waals surface area contributed by atoms with Crippen LogP contribution in [0.5, 0.6) is 11.8 Å². The van der Waals surface area contributed by atoms with Crippen molar-refractivity contribution in [3.8, 4) is 11.8 Å². The second-order valence-electron chi connectivity index (χ2n) is 3.76. The average Bonchev–Trinajstić information content (AvgIpc) is 2.74. The Morgan fingerprint density at radius 1 is 1.50 bits per heavy atom. The number of nitrogens with zero attached hydrogens (tertiary/aromatic N) is 4.